The number of nitrogens with one attached hydrogen (secondary N) is 1. The molecule has 1 unspecified atom stereocenters. The van der Waals surface area contributed by atoms with Gasteiger partial charge in [-0.2, -0.15) is 0 Å². The third-order valence-electron chi connectivity index (χ3n) is 3.22. The third kappa shape index (κ3) is 2.81. The number of nitrogen functional groups attached to an aromatic ring is 1. The molecule has 1 aliphatic heterocycles. The minimum absolute atomic E-state index is 0.0176. The average Bonchev–Trinajstić information content (AvgIpc) is 3.10. The highest BCUT2D eigenvalue weighted by Gasteiger charge is 2.24. The highest BCUT2D eigenvalue weighted by atomic mass is 32.1. The number of carbonyl (C=O) groups is 1. The first-order chi connectivity index (χ1) is 9.72. The van der Waals surface area contributed by atoms with Gasteiger partial charge in [0.15, 0.2) is 5.13 Å². The van der Waals surface area contributed by atoms with Crippen LogP contribution in [0.1, 0.15) is 6.42 Å². The summed E-state index contributed by atoms with van der Waals surface area (Å²) >= 11 is 1.41. The fraction of sp³-hybridized carbons (Fsp3) is 0.286. The molecule has 1 amide bonds. The van der Waals surface area contributed by atoms with Crippen LogP contribution in [-0.4, -0.2) is 24.1 Å². The van der Waals surface area contributed by atoms with Crippen molar-refractivity contribution in [3.63, 3.8) is 0 Å². The second-order valence-corrected chi connectivity index (χ2v) is 5.57. The number of hydrogen-bond donors (Lipinski definition) is 2. The van der Waals surface area contributed by atoms with E-state index in [0.717, 1.165) is 17.7 Å². The predicted octanol–water partition coefficient (Wildman–Crippen LogP) is 2.37. The zero-order valence-electron chi connectivity index (χ0n) is 10.8. The van der Waals surface area contributed by atoms with Gasteiger partial charge in [-0.15, -0.1) is 11.3 Å². The summed E-state index contributed by atoms with van der Waals surface area (Å²) in [6.45, 7) is 1.16. The van der Waals surface area contributed by atoms with Gasteiger partial charge < -0.3 is 15.8 Å². The Balaban J connectivity index is 1.72. The summed E-state index contributed by atoms with van der Waals surface area (Å²) in [5.74, 6) is -0.0781. The van der Waals surface area contributed by atoms with E-state index in [1.54, 1.807) is 0 Å². The third-order valence-corrected chi connectivity index (χ3v) is 3.97. The van der Waals surface area contributed by atoms with Gasteiger partial charge in [0.05, 0.1) is 18.2 Å². The number of benzene rings is 1. The van der Waals surface area contributed by atoms with Gasteiger partial charge >= 0.3 is 0 Å². The van der Waals surface area contributed by atoms with Crippen molar-refractivity contribution in [3.8, 4) is 11.3 Å². The van der Waals surface area contributed by atoms with Gasteiger partial charge in [0.2, 0.25) is 5.91 Å². The molecule has 2 heterocycles. The molecule has 3 N–H and O–H groups in total. The summed E-state index contributed by atoms with van der Waals surface area (Å²) in [6, 6.07) is 7.53. The molecule has 1 aliphatic rings. The van der Waals surface area contributed by atoms with Crippen LogP contribution in [0, 0.1) is 5.92 Å². The lowest BCUT2D eigenvalue weighted by Crippen LogP contribution is -2.22. The number of nitrogens with zero attached hydrogens (tertiary/aromatic N) is 1. The number of carbonyl (C=O) groups excluding carboxylic acids is 1. The molecule has 2 aromatic rings. The van der Waals surface area contributed by atoms with Crippen molar-refractivity contribution in [1.82, 2.24) is 4.98 Å². The maximum Gasteiger partial charge on any atom is 0.231 e. The zero-order valence-corrected chi connectivity index (χ0v) is 11.7. The van der Waals surface area contributed by atoms with Gasteiger partial charge in [0.25, 0.3) is 0 Å². The van der Waals surface area contributed by atoms with Crippen LogP contribution < -0.4 is 11.1 Å². The zero-order chi connectivity index (χ0) is 13.9. The Kier molecular flexibility index (Phi) is 3.66. The quantitative estimate of drug-likeness (QED) is 0.850. The number of anilines is 2. The molecule has 6 heteroatoms. The van der Waals surface area contributed by atoms with Gasteiger partial charge in [-0.25, -0.2) is 4.98 Å². The van der Waals surface area contributed by atoms with Gasteiger partial charge in [0, 0.05) is 23.2 Å². The first-order valence-electron chi connectivity index (χ1n) is 6.42. The number of aromatic nitrogens is 1. The van der Waals surface area contributed by atoms with Crippen LogP contribution in [0.15, 0.2) is 29.6 Å². The summed E-state index contributed by atoms with van der Waals surface area (Å²) in [5.41, 5.74) is 8.23. The van der Waals surface area contributed by atoms with Gasteiger partial charge in [-0.1, -0.05) is 12.1 Å². The van der Waals surface area contributed by atoms with Crippen molar-refractivity contribution in [2.75, 3.05) is 24.3 Å². The van der Waals surface area contributed by atoms with E-state index in [0.29, 0.717) is 24.0 Å². The van der Waals surface area contributed by atoms with Crippen molar-refractivity contribution >= 4 is 28.1 Å². The smallest absolute Gasteiger partial charge is 0.231 e. The molecule has 0 bridgehead atoms. The molecule has 104 valence electrons. The van der Waals surface area contributed by atoms with E-state index in [-0.39, 0.29) is 11.8 Å². The minimum atomic E-state index is -0.0604. The van der Waals surface area contributed by atoms with Crippen molar-refractivity contribution in [1.29, 1.82) is 0 Å². The second-order valence-electron chi connectivity index (χ2n) is 4.71. The molecule has 0 saturated carbocycles. The molecule has 1 aromatic heterocycles. The van der Waals surface area contributed by atoms with Crippen LogP contribution in [-0.2, 0) is 9.53 Å². The maximum absolute atomic E-state index is 12.0. The molecule has 0 radical (unpaired) electrons. The molecular formula is C14H15N3O2S. The highest BCUT2D eigenvalue weighted by molar-refractivity contribution is 7.14. The largest absolute Gasteiger partial charge is 0.399 e. The van der Waals surface area contributed by atoms with Gasteiger partial charge in [0.1, 0.15) is 0 Å². The van der Waals surface area contributed by atoms with E-state index in [9.17, 15) is 4.79 Å². The summed E-state index contributed by atoms with van der Waals surface area (Å²) in [6.07, 6.45) is 0.777. The van der Waals surface area contributed by atoms with E-state index < -0.39 is 0 Å². The highest BCUT2D eigenvalue weighted by Crippen LogP contribution is 2.26. The molecule has 0 spiro atoms. The Morgan fingerprint density at radius 1 is 1.50 bits per heavy atom. The predicted molar refractivity (Wildman–Crippen MR) is 79.5 cm³/mol. The molecule has 1 aromatic carbocycles. The summed E-state index contributed by atoms with van der Waals surface area (Å²) in [7, 11) is 0. The first-order valence-corrected chi connectivity index (χ1v) is 7.30. The first kappa shape index (κ1) is 13.1. The topological polar surface area (TPSA) is 77.2 Å². The lowest BCUT2D eigenvalue weighted by molar-refractivity contribution is -0.119. The van der Waals surface area contributed by atoms with Gasteiger partial charge in [-0.05, 0) is 18.6 Å². The van der Waals surface area contributed by atoms with Crippen LogP contribution in [0.4, 0.5) is 10.8 Å². The Hall–Kier alpha value is -1.92. The van der Waals surface area contributed by atoms with Crippen LogP contribution in [0.25, 0.3) is 11.3 Å². The summed E-state index contributed by atoms with van der Waals surface area (Å²) < 4.78 is 5.21. The fourth-order valence-electron chi connectivity index (χ4n) is 2.11. The van der Waals surface area contributed by atoms with E-state index in [1.807, 2.05) is 29.6 Å². The van der Waals surface area contributed by atoms with Crippen molar-refractivity contribution in [3.05, 3.63) is 29.6 Å². The molecule has 3 rings (SSSR count). The van der Waals surface area contributed by atoms with Crippen LogP contribution >= 0.6 is 11.3 Å². The minimum Gasteiger partial charge on any atom is -0.399 e. The van der Waals surface area contributed by atoms with Crippen molar-refractivity contribution in [2.45, 2.75) is 6.42 Å². The number of rotatable bonds is 3. The molecule has 1 atom stereocenters. The monoisotopic (exact) mass is 289 g/mol. The molecule has 5 nitrogen and oxygen atoms in total. The van der Waals surface area contributed by atoms with Crippen molar-refractivity contribution < 1.29 is 9.53 Å². The van der Waals surface area contributed by atoms with Gasteiger partial charge in [-0.3, -0.25) is 4.79 Å². The Morgan fingerprint density at radius 3 is 3.15 bits per heavy atom. The Labute approximate surface area is 120 Å². The number of amides is 1. The lowest BCUT2D eigenvalue weighted by atomic mass is 10.1. The normalized spacial score (nSPS) is 18.1. The average molecular weight is 289 g/mol. The standard InChI is InChI=1S/C14H15N3O2S/c15-11-3-1-2-9(6-11)12-8-20-14(16-12)17-13(18)10-4-5-19-7-10/h1-3,6,8,10H,4-5,7,15H2,(H,16,17,18). The number of nitrogens with two attached hydrogens (primary N) is 1. The second kappa shape index (κ2) is 5.60. The maximum atomic E-state index is 12.0. The van der Waals surface area contributed by atoms with Crippen molar-refractivity contribution in [2.24, 2.45) is 5.92 Å². The van der Waals surface area contributed by atoms with Crippen LogP contribution in [0.3, 0.4) is 0 Å². The van der Waals surface area contributed by atoms with Crippen LogP contribution in [0.2, 0.25) is 0 Å². The van der Waals surface area contributed by atoms with Crippen LogP contribution in [0.5, 0.6) is 0 Å². The summed E-state index contributed by atoms with van der Waals surface area (Å²) in [5, 5.41) is 5.37. The molecule has 20 heavy (non-hydrogen) atoms. The van der Waals surface area contributed by atoms with E-state index in [2.05, 4.69) is 10.3 Å². The Bertz CT molecular complexity index is 620. The lowest BCUT2D eigenvalue weighted by Gasteiger charge is -2.06. The number of ether oxygens (including phenoxy) is 1. The Morgan fingerprint density at radius 2 is 2.40 bits per heavy atom. The summed E-state index contributed by atoms with van der Waals surface area (Å²) in [4.78, 5) is 16.4. The number of hydrogen-bond acceptors (Lipinski definition) is 5. The molecular weight excluding hydrogens is 274 g/mol. The van der Waals surface area contributed by atoms with E-state index in [4.69, 9.17) is 10.5 Å². The molecule has 1 saturated heterocycles. The molecule has 0 aliphatic carbocycles. The fourth-order valence-corrected chi connectivity index (χ4v) is 2.83. The molecule has 1 fully saturated rings. The number of thiazole rings is 1. The van der Waals surface area contributed by atoms with E-state index in [1.165, 1.54) is 11.3 Å². The SMILES string of the molecule is Nc1cccc(-c2csc(NC(=O)C3CCOC3)n2)c1. The van der Waals surface area contributed by atoms with E-state index >= 15 is 0 Å².